The molecule has 64 valence electrons. The molecule has 0 spiro atoms. The maximum absolute atomic E-state index is 10.0. The van der Waals surface area contributed by atoms with E-state index in [2.05, 4.69) is 0 Å². The number of carboxylic acid groups (broad SMARTS) is 1. The molecule has 11 heavy (non-hydrogen) atoms. The van der Waals surface area contributed by atoms with Crippen LogP contribution >= 0.6 is 0 Å². The van der Waals surface area contributed by atoms with E-state index in [4.69, 9.17) is 10.2 Å². The van der Waals surface area contributed by atoms with Crippen molar-refractivity contribution in [2.24, 2.45) is 0 Å². The lowest BCUT2D eigenvalue weighted by atomic mass is 10.2. The van der Waals surface area contributed by atoms with Gasteiger partial charge in [0.15, 0.2) is 0 Å². The van der Waals surface area contributed by atoms with Gasteiger partial charge in [0.25, 0.3) is 0 Å². The first-order valence-electron chi connectivity index (χ1n) is 3.75. The number of unbranched alkanes of at least 4 members (excludes halogenated alkanes) is 1. The monoisotopic (exact) mass is 158 g/mol. The second-order valence-corrected chi connectivity index (χ2v) is 2.27. The summed E-state index contributed by atoms with van der Waals surface area (Å²) in [5.74, 6) is -0.749. The van der Waals surface area contributed by atoms with Crippen LogP contribution in [-0.4, -0.2) is 22.8 Å². The molecular weight excluding hydrogens is 144 g/mol. The number of aliphatic hydroxyl groups is 1. The van der Waals surface area contributed by atoms with Crippen LogP contribution in [0, 0.1) is 0 Å². The number of hydrogen-bond acceptors (Lipinski definition) is 2. The van der Waals surface area contributed by atoms with E-state index in [1.54, 1.807) is 0 Å². The minimum absolute atomic E-state index is 0.162. The Morgan fingerprint density at radius 2 is 1.91 bits per heavy atom. The van der Waals surface area contributed by atoms with Gasteiger partial charge in [-0.25, -0.2) is 0 Å². The molecule has 3 heteroatoms. The fourth-order valence-electron chi connectivity index (χ4n) is 0.681. The normalized spacial score (nSPS) is 10.6. The molecule has 0 rings (SSSR count). The first-order valence-corrected chi connectivity index (χ1v) is 3.75. The van der Waals surface area contributed by atoms with Crippen molar-refractivity contribution in [2.45, 2.75) is 25.7 Å². The van der Waals surface area contributed by atoms with Gasteiger partial charge in [-0.2, -0.15) is 0 Å². The first kappa shape index (κ1) is 10.2. The fraction of sp³-hybridized carbons (Fsp3) is 0.625. The highest BCUT2D eigenvalue weighted by molar-refractivity contribution is 5.66. The van der Waals surface area contributed by atoms with Gasteiger partial charge in [-0.3, -0.25) is 4.79 Å². The van der Waals surface area contributed by atoms with Crippen LogP contribution in [0.15, 0.2) is 12.2 Å². The Morgan fingerprint density at radius 1 is 1.27 bits per heavy atom. The Balaban J connectivity index is 3.07. The molecule has 0 aliphatic heterocycles. The SMILES string of the molecule is O=C(O)CCCC=CCCO. The summed E-state index contributed by atoms with van der Waals surface area (Å²) in [6.07, 6.45) is 6.11. The van der Waals surface area contributed by atoms with Crippen molar-refractivity contribution >= 4 is 5.97 Å². The highest BCUT2D eigenvalue weighted by Gasteiger charge is 1.92. The van der Waals surface area contributed by atoms with E-state index in [0.29, 0.717) is 12.8 Å². The van der Waals surface area contributed by atoms with E-state index in [9.17, 15) is 4.79 Å². The maximum Gasteiger partial charge on any atom is 0.303 e. The summed E-state index contributed by atoms with van der Waals surface area (Å²) in [5, 5.41) is 16.6. The summed E-state index contributed by atoms with van der Waals surface area (Å²) >= 11 is 0. The van der Waals surface area contributed by atoms with Crippen LogP contribution < -0.4 is 0 Å². The summed E-state index contributed by atoms with van der Waals surface area (Å²) in [4.78, 5) is 10.0. The molecule has 0 amide bonds. The quantitative estimate of drug-likeness (QED) is 0.450. The minimum Gasteiger partial charge on any atom is -0.481 e. The number of aliphatic hydroxyl groups excluding tert-OH is 1. The number of carboxylic acids is 1. The average Bonchev–Trinajstić information content (AvgIpc) is 1.96. The molecule has 0 fully saturated rings. The van der Waals surface area contributed by atoms with E-state index in [1.807, 2.05) is 12.2 Å². The molecule has 0 aliphatic carbocycles. The molecular formula is C8H14O3. The predicted molar refractivity (Wildman–Crippen MR) is 42.3 cm³/mol. The van der Waals surface area contributed by atoms with Gasteiger partial charge in [0.05, 0.1) is 0 Å². The van der Waals surface area contributed by atoms with Crippen LogP contribution in [0.1, 0.15) is 25.7 Å². The molecule has 0 heterocycles. The highest BCUT2D eigenvalue weighted by Crippen LogP contribution is 1.96. The highest BCUT2D eigenvalue weighted by atomic mass is 16.4. The molecule has 0 aromatic heterocycles. The Kier molecular flexibility index (Phi) is 6.73. The summed E-state index contributed by atoms with van der Waals surface area (Å²) in [5.41, 5.74) is 0. The fourth-order valence-corrected chi connectivity index (χ4v) is 0.681. The van der Waals surface area contributed by atoms with Crippen LogP contribution in [0.5, 0.6) is 0 Å². The molecule has 0 aliphatic rings. The number of aliphatic carboxylic acids is 1. The number of allylic oxidation sites excluding steroid dienone is 1. The maximum atomic E-state index is 10.0. The second-order valence-electron chi connectivity index (χ2n) is 2.27. The van der Waals surface area contributed by atoms with E-state index in [-0.39, 0.29) is 13.0 Å². The third-order valence-electron chi connectivity index (χ3n) is 1.22. The van der Waals surface area contributed by atoms with Crippen molar-refractivity contribution in [3.05, 3.63) is 12.2 Å². The van der Waals surface area contributed by atoms with E-state index >= 15 is 0 Å². The van der Waals surface area contributed by atoms with Crippen LogP contribution in [0.3, 0.4) is 0 Å². The van der Waals surface area contributed by atoms with Gasteiger partial charge in [0.1, 0.15) is 0 Å². The lowest BCUT2D eigenvalue weighted by molar-refractivity contribution is -0.137. The van der Waals surface area contributed by atoms with Crippen LogP contribution in [-0.2, 0) is 4.79 Å². The molecule has 0 aromatic carbocycles. The van der Waals surface area contributed by atoms with Gasteiger partial charge >= 0.3 is 5.97 Å². The van der Waals surface area contributed by atoms with Crippen molar-refractivity contribution in [3.63, 3.8) is 0 Å². The Morgan fingerprint density at radius 3 is 2.45 bits per heavy atom. The Labute approximate surface area is 66.4 Å². The standard InChI is InChI=1S/C8H14O3/c9-7-5-3-1-2-4-6-8(10)11/h1,3,9H,2,4-7H2,(H,10,11). The van der Waals surface area contributed by atoms with Gasteiger partial charge in [-0.1, -0.05) is 12.2 Å². The van der Waals surface area contributed by atoms with Gasteiger partial charge in [0, 0.05) is 13.0 Å². The van der Waals surface area contributed by atoms with Crippen LogP contribution in [0.4, 0.5) is 0 Å². The first-order chi connectivity index (χ1) is 5.27. The number of hydrogen-bond donors (Lipinski definition) is 2. The molecule has 0 radical (unpaired) electrons. The molecule has 0 saturated carbocycles. The number of rotatable bonds is 6. The van der Waals surface area contributed by atoms with Crippen LogP contribution in [0.25, 0.3) is 0 Å². The lowest BCUT2D eigenvalue weighted by Crippen LogP contribution is -1.92. The zero-order valence-electron chi connectivity index (χ0n) is 6.49. The molecule has 2 N–H and O–H groups in total. The number of carbonyl (C=O) groups is 1. The van der Waals surface area contributed by atoms with Crippen molar-refractivity contribution in [1.29, 1.82) is 0 Å². The average molecular weight is 158 g/mol. The smallest absolute Gasteiger partial charge is 0.303 e. The Hall–Kier alpha value is -0.830. The Bertz CT molecular complexity index is 129. The van der Waals surface area contributed by atoms with Gasteiger partial charge < -0.3 is 10.2 Å². The minimum atomic E-state index is -0.749. The van der Waals surface area contributed by atoms with Crippen molar-refractivity contribution < 1.29 is 15.0 Å². The predicted octanol–water partition coefficient (Wildman–Crippen LogP) is 1.18. The van der Waals surface area contributed by atoms with Crippen molar-refractivity contribution in [2.75, 3.05) is 6.61 Å². The largest absolute Gasteiger partial charge is 0.481 e. The zero-order chi connectivity index (χ0) is 8.53. The van der Waals surface area contributed by atoms with Crippen molar-refractivity contribution in [1.82, 2.24) is 0 Å². The topological polar surface area (TPSA) is 57.5 Å². The summed E-state index contributed by atoms with van der Waals surface area (Å²) in [7, 11) is 0. The molecule has 0 atom stereocenters. The van der Waals surface area contributed by atoms with E-state index in [1.165, 1.54) is 0 Å². The molecule has 0 bridgehead atoms. The van der Waals surface area contributed by atoms with Gasteiger partial charge in [-0.05, 0) is 19.3 Å². The van der Waals surface area contributed by atoms with Crippen LogP contribution in [0.2, 0.25) is 0 Å². The van der Waals surface area contributed by atoms with E-state index < -0.39 is 5.97 Å². The second kappa shape index (κ2) is 7.28. The molecule has 3 nitrogen and oxygen atoms in total. The molecule has 0 unspecified atom stereocenters. The summed E-state index contributed by atoms with van der Waals surface area (Å²) in [6.45, 7) is 0.162. The molecule has 0 aromatic rings. The van der Waals surface area contributed by atoms with Gasteiger partial charge in [0.2, 0.25) is 0 Å². The van der Waals surface area contributed by atoms with E-state index in [0.717, 1.165) is 6.42 Å². The third kappa shape index (κ3) is 9.17. The summed E-state index contributed by atoms with van der Waals surface area (Å²) < 4.78 is 0. The zero-order valence-corrected chi connectivity index (χ0v) is 6.49. The third-order valence-corrected chi connectivity index (χ3v) is 1.22. The lowest BCUT2D eigenvalue weighted by Gasteiger charge is -1.89. The molecule has 0 saturated heterocycles. The summed E-state index contributed by atoms with van der Waals surface area (Å²) in [6, 6.07) is 0. The van der Waals surface area contributed by atoms with Gasteiger partial charge in [-0.15, -0.1) is 0 Å². The van der Waals surface area contributed by atoms with Crippen molar-refractivity contribution in [3.8, 4) is 0 Å².